The third-order valence-electron chi connectivity index (χ3n) is 4.45. The Balaban J connectivity index is 1.53. The minimum atomic E-state index is -0.333. The SMILES string of the molecule is Cc1nc2c(SCc3c(F)cccc3Cl)nnc(-c3ccc4c(c3)OCO4)c2s1. The Morgan fingerprint density at radius 1 is 1.17 bits per heavy atom. The number of nitrogens with zero attached hydrogens (tertiary/aromatic N) is 3. The first kappa shape index (κ1) is 18.6. The predicted octanol–water partition coefficient (Wildman–Crippen LogP) is 5.88. The second kappa shape index (κ2) is 7.44. The Bertz CT molecular complexity index is 1230. The number of ether oxygens (including phenoxy) is 2. The van der Waals surface area contributed by atoms with Crippen molar-refractivity contribution in [3.8, 4) is 22.8 Å². The van der Waals surface area contributed by atoms with E-state index in [1.165, 1.54) is 17.8 Å². The summed E-state index contributed by atoms with van der Waals surface area (Å²) in [6.07, 6.45) is 0. The van der Waals surface area contributed by atoms with Gasteiger partial charge >= 0.3 is 0 Å². The van der Waals surface area contributed by atoms with E-state index in [9.17, 15) is 4.39 Å². The number of aromatic nitrogens is 3. The summed E-state index contributed by atoms with van der Waals surface area (Å²) in [5.74, 6) is 1.41. The van der Waals surface area contributed by atoms with Crippen LogP contribution >= 0.6 is 34.7 Å². The molecule has 2 aromatic carbocycles. The van der Waals surface area contributed by atoms with Crippen molar-refractivity contribution in [2.24, 2.45) is 0 Å². The van der Waals surface area contributed by atoms with Crippen molar-refractivity contribution in [1.82, 2.24) is 15.2 Å². The molecule has 0 unspecified atom stereocenters. The van der Waals surface area contributed by atoms with Crippen LogP contribution in [-0.2, 0) is 5.75 Å². The van der Waals surface area contributed by atoms with Gasteiger partial charge in [0.05, 0.1) is 9.71 Å². The van der Waals surface area contributed by atoms with Crippen molar-refractivity contribution in [2.45, 2.75) is 17.7 Å². The first-order chi connectivity index (χ1) is 14.1. The second-order valence-corrected chi connectivity index (χ2v) is 8.90. The van der Waals surface area contributed by atoms with Gasteiger partial charge in [-0.15, -0.1) is 21.5 Å². The minimum Gasteiger partial charge on any atom is -0.454 e. The summed E-state index contributed by atoms with van der Waals surface area (Å²) in [5.41, 5.74) is 2.81. The molecule has 0 amide bonds. The van der Waals surface area contributed by atoms with Gasteiger partial charge in [-0.3, -0.25) is 0 Å². The van der Waals surface area contributed by atoms with Crippen LogP contribution in [0.1, 0.15) is 10.6 Å². The third-order valence-corrected chi connectivity index (χ3v) is 6.77. The fraction of sp³-hybridized carbons (Fsp3) is 0.150. The molecule has 146 valence electrons. The number of thioether (sulfide) groups is 1. The van der Waals surface area contributed by atoms with Crippen LogP contribution in [0.25, 0.3) is 21.5 Å². The van der Waals surface area contributed by atoms with Crippen LogP contribution in [0.5, 0.6) is 11.5 Å². The van der Waals surface area contributed by atoms with Crippen molar-refractivity contribution >= 4 is 44.9 Å². The summed E-state index contributed by atoms with van der Waals surface area (Å²) < 4.78 is 25.9. The van der Waals surface area contributed by atoms with Crippen molar-refractivity contribution in [3.63, 3.8) is 0 Å². The lowest BCUT2D eigenvalue weighted by molar-refractivity contribution is 0.174. The Morgan fingerprint density at radius 2 is 2.03 bits per heavy atom. The number of hydrogen-bond donors (Lipinski definition) is 0. The zero-order valence-corrected chi connectivity index (χ0v) is 17.5. The Labute approximate surface area is 178 Å². The highest BCUT2D eigenvalue weighted by atomic mass is 35.5. The quantitative estimate of drug-likeness (QED) is 0.366. The number of thiazole rings is 1. The van der Waals surface area contributed by atoms with E-state index in [2.05, 4.69) is 15.2 Å². The molecule has 0 fully saturated rings. The third kappa shape index (κ3) is 3.41. The molecule has 3 heterocycles. The van der Waals surface area contributed by atoms with Crippen LogP contribution in [0.4, 0.5) is 4.39 Å². The number of hydrogen-bond acceptors (Lipinski definition) is 7. The average molecular weight is 446 g/mol. The Kier molecular flexibility index (Phi) is 4.77. The molecule has 0 atom stereocenters. The van der Waals surface area contributed by atoms with Gasteiger partial charge in [0.15, 0.2) is 11.5 Å². The number of fused-ring (bicyclic) bond motifs is 2. The lowest BCUT2D eigenvalue weighted by atomic mass is 10.1. The molecular formula is C20H13ClFN3O2S2. The first-order valence-corrected chi connectivity index (χ1v) is 10.9. The van der Waals surface area contributed by atoms with Crippen LogP contribution in [0.15, 0.2) is 41.4 Å². The van der Waals surface area contributed by atoms with Crippen LogP contribution in [-0.4, -0.2) is 22.0 Å². The summed E-state index contributed by atoms with van der Waals surface area (Å²) >= 11 is 9.06. The molecule has 0 spiro atoms. The van der Waals surface area contributed by atoms with E-state index < -0.39 is 0 Å². The van der Waals surface area contributed by atoms with Gasteiger partial charge in [0.1, 0.15) is 22.1 Å². The molecule has 5 rings (SSSR count). The highest BCUT2D eigenvalue weighted by Gasteiger charge is 2.20. The van der Waals surface area contributed by atoms with E-state index in [4.69, 9.17) is 21.1 Å². The molecular weight excluding hydrogens is 433 g/mol. The Morgan fingerprint density at radius 3 is 2.90 bits per heavy atom. The molecule has 0 N–H and O–H groups in total. The van der Waals surface area contributed by atoms with E-state index in [0.29, 0.717) is 32.9 Å². The van der Waals surface area contributed by atoms with E-state index in [1.807, 2.05) is 25.1 Å². The highest BCUT2D eigenvalue weighted by molar-refractivity contribution is 7.98. The van der Waals surface area contributed by atoms with Gasteiger partial charge in [-0.1, -0.05) is 29.4 Å². The maximum atomic E-state index is 14.1. The van der Waals surface area contributed by atoms with E-state index in [1.54, 1.807) is 23.5 Å². The summed E-state index contributed by atoms with van der Waals surface area (Å²) in [7, 11) is 0. The molecule has 0 saturated carbocycles. The van der Waals surface area contributed by atoms with E-state index in [0.717, 1.165) is 26.5 Å². The molecule has 0 bridgehead atoms. The summed E-state index contributed by atoms with van der Waals surface area (Å²) in [5, 5.41) is 10.8. The molecule has 29 heavy (non-hydrogen) atoms. The number of aryl methyl sites for hydroxylation is 1. The van der Waals surface area contributed by atoms with Gasteiger partial charge in [0.2, 0.25) is 6.79 Å². The fourth-order valence-electron chi connectivity index (χ4n) is 3.06. The lowest BCUT2D eigenvalue weighted by Gasteiger charge is -2.07. The van der Waals surface area contributed by atoms with Crippen molar-refractivity contribution in [2.75, 3.05) is 6.79 Å². The topological polar surface area (TPSA) is 57.1 Å². The summed E-state index contributed by atoms with van der Waals surface area (Å²) in [6.45, 7) is 2.16. The molecule has 1 aliphatic heterocycles. The van der Waals surface area contributed by atoms with Crippen LogP contribution in [0, 0.1) is 12.7 Å². The molecule has 5 nitrogen and oxygen atoms in total. The summed E-state index contributed by atoms with van der Waals surface area (Å²) in [4.78, 5) is 4.64. The van der Waals surface area contributed by atoms with Gasteiger partial charge in [-0.2, -0.15) is 0 Å². The van der Waals surface area contributed by atoms with Crippen molar-refractivity contribution in [3.05, 3.63) is 57.8 Å². The molecule has 0 radical (unpaired) electrons. The molecule has 1 aliphatic rings. The van der Waals surface area contributed by atoms with Crippen LogP contribution < -0.4 is 9.47 Å². The fourth-order valence-corrected chi connectivity index (χ4v) is 5.32. The average Bonchev–Trinajstić information content (AvgIpc) is 3.33. The maximum absolute atomic E-state index is 14.1. The van der Waals surface area contributed by atoms with Gasteiger partial charge < -0.3 is 9.47 Å². The van der Waals surface area contributed by atoms with Crippen molar-refractivity contribution < 1.29 is 13.9 Å². The van der Waals surface area contributed by atoms with Gasteiger partial charge in [0.25, 0.3) is 0 Å². The highest BCUT2D eigenvalue weighted by Crippen LogP contribution is 2.40. The zero-order chi connectivity index (χ0) is 20.0. The van der Waals surface area contributed by atoms with E-state index >= 15 is 0 Å². The second-order valence-electron chi connectivity index (χ2n) is 6.32. The molecule has 9 heteroatoms. The molecule has 0 aliphatic carbocycles. The number of benzene rings is 2. The van der Waals surface area contributed by atoms with Gasteiger partial charge in [-0.25, -0.2) is 9.37 Å². The maximum Gasteiger partial charge on any atom is 0.231 e. The van der Waals surface area contributed by atoms with Crippen LogP contribution in [0.2, 0.25) is 5.02 Å². The van der Waals surface area contributed by atoms with E-state index in [-0.39, 0.29) is 12.6 Å². The van der Waals surface area contributed by atoms with Gasteiger partial charge in [-0.05, 0) is 37.3 Å². The zero-order valence-electron chi connectivity index (χ0n) is 15.1. The number of rotatable bonds is 4. The minimum absolute atomic E-state index is 0.216. The molecule has 0 saturated heterocycles. The molecule has 2 aromatic heterocycles. The number of halogens is 2. The predicted molar refractivity (Wildman–Crippen MR) is 112 cm³/mol. The Hall–Kier alpha value is -2.42. The smallest absolute Gasteiger partial charge is 0.231 e. The van der Waals surface area contributed by atoms with Gasteiger partial charge in [0, 0.05) is 21.9 Å². The standard InChI is InChI=1S/C20H13ClFN3O2S2/c1-10-23-18-19(29-10)17(11-5-6-15-16(7-11)27-9-26-15)24-25-20(18)28-8-12-13(21)3-2-4-14(12)22/h2-7H,8-9H2,1H3. The summed E-state index contributed by atoms with van der Waals surface area (Å²) in [6, 6.07) is 10.4. The lowest BCUT2D eigenvalue weighted by Crippen LogP contribution is -1.94. The normalized spacial score (nSPS) is 12.7. The first-order valence-electron chi connectivity index (χ1n) is 8.69. The van der Waals surface area contributed by atoms with Crippen molar-refractivity contribution in [1.29, 1.82) is 0 Å². The molecule has 4 aromatic rings. The monoisotopic (exact) mass is 445 g/mol. The van der Waals surface area contributed by atoms with Crippen LogP contribution in [0.3, 0.4) is 0 Å². The largest absolute Gasteiger partial charge is 0.454 e.